The molecule has 1 saturated heterocycles. The van der Waals surface area contributed by atoms with Gasteiger partial charge in [-0.2, -0.15) is 0 Å². The summed E-state index contributed by atoms with van der Waals surface area (Å²) < 4.78 is 31.6. The average molecular weight is 534 g/mol. The van der Waals surface area contributed by atoms with Gasteiger partial charge in [0, 0.05) is 27.2 Å². The van der Waals surface area contributed by atoms with E-state index in [9.17, 15) is 9.36 Å². The van der Waals surface area contributed by atoms with Crippen molar-refractivity contribution in [2.24, 2.45) is 9.98 Å². The molecule has 3 heterocycles. The summed E-state index contributed by atoms with van der Waals surface area (Å²) in [4.78, 5) is 26.0. The van der Waals surface area contributed by atoms with Crippen molar-refractivity contribution >= 4 is 47.4 Å². The fourth-order valence-corrected chi connectivity index (χ4v) is 4.75. The smallest absolute Gasteiger partial charge is 0.469 e. The monoisotopic (exact) mass is 533 g/mol. The molecule has 9 nitrogen and oxygen atoms in total. The first-order valence-electron chi connectivity index (χ1n) is 10.5. The number of rotatable bonds is 6. The number of pyridine rings is 1. The van der Waals surface area contributed by atoms with Crippen LogP contribution in [-0.2, 0) is 23.4 Å². The van der Waals surface area contributed by atoms with E-state index in [4.69, 9.17) is 24.0 Å². The lowest BCUT2D eigenvalue weighted by Gasteiger charge is -2.17. The number of aromatic nitrogens is 1. The Hall–Kier alpha value is -2.52. The van der Waals surface area contributed by atoms with Crippen LogP contribution in [0.25, 0.3) is 0 Å². The fourth-order valence-electron chi connectivity index (χ4n) is 3.46. The zero-order valence-electron chi connectivity index (χ0n) is 18.0. The summed E-state index contributed by atoms with van der Waals surface area (Å²) in [7, 11) is -0.852. The van der Waals surface area contributed by atoms with Gasteiger partial charge in [-0.15, -0.1) is 0 Å². The van der Waals surface area contributed by atoms with E-state index in [1.165, 1.54) is 7.11 Å². The first-order valence-corrected chi connectivity index (χ1v) is 12.4. The van der Waals surface area contributed by atoms with Crippen molar-refractivity contribution in [3.8, 4) is 0 Å². The highest BCUT2D eigenvalue weighted by atomic mass is 79.9. The molecule has 0 bridgehead atoms. The number of halogens is 1. The highest BCUT2D eigenvalue weighted by Gasteiger charge is 2.38. The van der Waals surface area contributed by atoms with Crippen LogP contribution in [0.15, 0.2) is 57.1 Å². The normalized spacial score (nSPS) is 19.0. The van der Waals surface area contributed by atoms with E-state index in [2.05, 4.69) is 20.9 Å². The number of benzene rings is 1. The molecule has 0 amide bonds. The Morgan fingerprint density at radius 1 is 1.27 bits per heavy atom. The number of morpholine rings is 1. The number of hydrogen-bond donors (Lipinski definition) is 0. The van der Waals surface area contributed by atoms with E-state index in [1.807, 2.05) is 36.4 Å². The minimum atomic E-state index is -2.19. The van der Waals surface area contributed by atoms with Crippen LogP contribution in [0.3, 0.4) is 0 Å². The van der Waals surface area contributed by atoms with Crippen LogP contribution in [0.4, 0.5) is 5.69 Å². The zero-order chi connectivity index (χ0) is 23.2. The number of fused-ring (bicyclic) bond motifs is 1. The molecular weight excluding hydrogens is 511 g/mol. The van der Waals surface area contributed by atoms with Crippen molar-refractivity contribution in [2.45, 2.75) is 18.9 Å². The Labute approximate surface area is 200 Å². The third kappa shape index (κ3) is 5.89. The molecule has 0 saturated carbocycles. The van der Waals surface area contributed by atoms with Gasteiger partial charge in [0.05, 0.1) is 50.5 Å². The van der Waals surface area contributed by atoms with Gasteiger partial charge in [0.15, 0.2) is 0 Å². The molecule has 1 fully saturated rings. The average Bonchev–Trinajstić information content (AvgIpc) is 3.00. The maximum absolute atomic E-state index is 13.0. The molecule has 4 rings (SSSR count). The van der Waals surface area contributed by atoms with Gasteiger partial charge in [-0.1, -0.05) is 26.7 Å². The Morgan fingerprint density at radius 2 is 2.09 bits per heavy atom. The highest BCUT2D eigenvalue weighted by Crippen LogP contribution is 2.35. The van der Waals surface area contributed by atoms with Crippen molar-refractivity contribution in [1.29, 1.82) is 0 Å². The molecule has 2 aliphatic heterocycles. The molecule has 2 aliphatic rings. The molecule has 11 heteroatoms. The van der Waals surface area contributed by atoms with Gasteiger partial charge in [0.25, 0.3) is 5.90 Å². The predicted molar refractivity (Wildman–Crippen MR) is 127 cm³/mol. The molecule has 0 aliphatic carbocycles. The van der Waals surface area contributed by atoms with Crippen LogP contribution in [0.2, 0.25) is 0 Å². The first kappa shape index (κ1) is 23.6. The zero-order valence-corrected chi connectivity index (χ0v) is 20.5. The topological polar surface area (TPSA) is 103 Å². The Kier molecular flexibility index (Phi) is 7.93. The summed E-state index contributed by atoms with van der Waals surface area (Å²) in [5, 5.41) is 0. The lowest BCUT2D eigenvalue weighted by atomic mass is 10.0. The van der Waals surface area contributed by atoms with Gasteiger partial charge in [0.2, 0.25) is 0 Å². The Balaban J connectivity index is 1.75. The number of ether oxygens (including phenoxy) is 2. The molecule has 0 N–H and O–H groups in total. The second-order valence-electron chi connectivity index (χ2n) is 7.33. The van der Waals surface area contributed by atoms with Crippen molar-refractivity contribution in [2.75, 3.05) is 33.4 Å². The van der Waals surface area contributed by atoms with E-state index < -0.39 is 14.2 Å². The number of carbonyl (C=O) groups excluding carboxylic acids is 1. The summed E-state index contributed by atoms with van der Waals surface area (Å²) in [6.45, 7) is 1.98. The maximum atomic E-state index is 13.0. The number of hydrogen-bond acceptors (Lipinski definition) is 8. The van der Waals surface area contributed by atoms with E-state index in [1.54, 1.807) is 10.9 Å². The summed E-state index contributed by atoms with van der Waals surface area (Å²) in [6, 6.07) is 10.5. The molecular formula is C22H23BrN4O5P+. The standard InChI is InChI=1S/C22H23BrN4O5P/c1-30-20(28)8-7-19-22(32-33(29)27-10-12-31-13-11-27)26-17-6-5-15(23)14-16(17)21(25-19)18-4-2-3-9-24-18/h2-6,9,14,19H,7-8,10-13H2,1H3/q+1. The molecule has 2 atom stereocenters. The van der Waals surface area contributed by atoms with Gasteiger partial charge in [-0.25, -0.2) is 9.52 Å². The van der Waals surface area contributed by atoms with Crippen molar-refractivity contribution in [1.82, 2.24) is 9.65 Å². The number of carbonyl (C=O) groups is 1. The van der Waals surface area contributed by atoms with Gasteiger partial charge in [0.1, 0.15) is 6.04 Å². The second-order valence-corrected chi connectivity index (χ2v) is 9.47. The van der Waals surface area contributed by atoms with Gasteiger partial charge < -0.3 is 9.47 Å². The lowest BCUT2D eigenvalue weighted by molar-refractivity contribution is -0.140. The number of methoxy groups -OCH3 is 1. The van der Waals surface area contributed by atoms with Gasteiger partial charge in [-0.05, 0) is 36.8 Å². The fraction of sp³-hybridized carbons (Fsp3) is 0.364. The molecule has 33 heavy (non-hydrogen) atoms. The largest absolute Gasteiger partial charge is 0.667 e. The van der Waals surface area contributed by atoms with Crippen LogP contribution in [0.5, 0.6) is 0 Å². The minimum absolute atomic E-state index is 0.108. The number of nitrogens with zero attached hydrogens (tertiary/aromatic N) is 4. The molecule has 2 aromatic rings. The Bertz CT molecular complexity index is 1090. The summed E-state index contributed by atoms with van der Waals surface area (Å²) >= 11 is 3.52. The van der Waals surface area contributed by atoms with Crippen LogP contribution in [0.1, 0.15) is 24.1 Å². The third-order valence-electron chi connectivity index (χ3n) is 5.16. The first-order chi connectivity index (χ1) is 16.0. The van der Waals surface area contributed by atoms with E-state index >= 15 is 0 Å². The predicted octanol–water partition coefficient (Wildman–Crippen LogP) is 4.05. The molecule has 1 aromatic carbocycles. The van der Waals surface area contributed by atoms with Crippen LogP contribution in [-0.4, -0.2) is 66.7 Å². The molecule has 172 valence electrons. The number of esters is 1. The molecule has 0 radical (unpaired) electrons. The van der Waals surface area contributed by atoms with Crippen LogP contribution in [0, 0.1) is 0 Å². The van der Waals surface area contributed by atoms with E-state index in [-0.39, 0.29) is 24.7 Å². The van der Waals surface area contributed by atoms with Gasteiger partial charge >= 0.3 is 14.1 Å². The third-order valence-corrected chi connectivity index (χ3v) is 6.86. The van der Waals surface area contributed by atoms with Crippen LogP contribution < -0.4 is 0 Å². The van der Waals surface area contributed by atoms with Crippen molar-refractivity contribution in [3.05, 3.63) is 58.3 Å². The number of aliphatic imine (C=N–C) groups is 2. The molecule has 2 unspecified atom stereocenters. The second kappa shape index (κ2) is 11.1. The molecule has 0 spiro atoms. The Morgan fingerprint density at radius 3 is 2.82 bits per heavy atom. The maximum Gasteiger partial charge on any atom is 0.667 e. The SMILES string of the molecule is COC(=O)CCC1N=C(c2ccccn2)c2cc(Br)ccc2N=C1O[P+](=O)N1CCOCC1. The summed E-state index contributed by atoms with van der Waals surface area (Å²) in [5.74, 6) is -0.174. The molecule has 1 aromatic heterocycles. The minimum Gasteiger partial charge on any atom is -0.469 e. The summed E-state index contributed by atoms with van der Waals surface area (Å²) in [5.41, 5.74) is 2.65. The van der Waals surface area contributed by atoms with E-state index in [0.717, 1.165) is 10.0 Å². The van der Waals surface area contributed by atoms with Crippen LogP contribution >= 0.6 is 24.1 Å². The van der Waals surface area contributed by atoms with Crippen molar-refractivity contribution in [3.63, 3.8) is 0 Å². The van der Waals surface area contributed by atoms with E-state index in [0.29, 0.717) is 43.4 Å². The quantitative estimate of drug-likeness (QED) is 0.407. The lowest BCUT2D eigenvalue weighted by Crippen LogP contribution is -2.32. The highest BCUT2D eigenvalue weighted by molar-refractivity contribution is 9.10. The van der Waals surface area contributed by atoms with Crippen molar-refractivity contribution < 1.29 is 23.4 Å². The summed E-state index contributed by atoms with van der Waals surface area (Å²) in [6.07, 6.45) is 2.08. The van der Waals surface area contributed by atoms with Gasteiger partial charge in [-0.3, -0.25) is 14.8 Å².